The summed E-state index contributed by atoms with van der Waals surface area (Å²) in [6, 6.07) is 13.5. The van der Waals surface area contributed by atoms with E-state index >= 15 is 0 Å². The molecule has 0 atom stereocenters. The molecule has 1 aliphatic carbocycles. The Morgan fingerprint density at radius 2 is 1.94 bits per heavy atom. The zero-order chi connectivity index (χ0) is 22.2. The van der Waals surface area contributed by atoms with E-state index in [0.29, 0.717) is 6.42 Å². The lowest BCUT2D eigenvalue weighted by Gasteiger charge is -2.23. The van der Waals surface area contributed by atoms with Crippen LogP contribution >= 0.6 is 0 Å². The lowest BCUT2D eigenvalue weighted by Crippen LogP contribution is -2.19. The van der Waals surface area contributed by atoms with Gasteiger partial charge in [0, 0.05) is 46.1 Å². The van der Waals surface area contributed by atoms with Gasteiger partial charge < -0.3 is 15.2 Å². The average Bonchev–Trinajstić information content (AvgIpc) is 3.08. The number of carbonyl (C=O) groups is 1. The SMILES string of the molecule is CC(C)n1c(/C=C/C(Nc2ccc3c(c2)NC(=O)CC3)=C2CCC2)cc2cc(F)ccc21. The predicted octanol–water partition coefficient (Wildman–Crippen LogP) is 6.81. The highest BCUT2D eigenvalue weighted by molar-refractivity contribution is 5.94. The van der Waals surface area contributed by atoms with E-state index in [0.717, 1.165) is 52.9 Å². The number of carbonyl (C=O) groups excluding carboxylic acids is 1. The summed E-state index contributed by atoms with van der Waals surface area (Å²) in [5.41, 5.74) is 7.64. The number of halogens is 1. The molecule has 0 unspecified atom stereocenters. The van der Waals surface area contributed by atoms with Gasteiger partial charge in [0.25, 0.3) is 0 Å². The maximum atomic E-state index is 13.8. The molecule has 32 heavy (non-hydrogen) atoms. The normalized spacial score (nSPS) is 15.8. The molecule has 2 aromatic carbocycles. The summed E-state index contributed by atoms with van der Waals surface area (Å²) in [5.74, 6) is -0.141. The fraction of sp³-hybridized carbons (Fsp3) is 0.296. The molecule has 1 aromatic heterocycles. The van der Waals surface area contributed by atoms with Gasteiger partial charge in [0.15, 0.2) is 0 Å². The minimum absolute atomic E-state index is 0.0741. The van der Waals surface area contributed by atoms with Gasteiger partial charge in [0.1, 0.15) is 5.82 Å². The second kappa shape index (κ2) is 8.30. The maximum Gasteiger partial charge on any atom is 0.224 e. The van der Waals surface area contributed by atoms with Gasteiger partial charge in [-0.1, -0.05) is 6.07 Å². The van der Waals surface area contributed by atoms with Gasteiger partial charge in [-0.3, -0.25) is 4.79 Å². The maximum absolute atomic E-state index is 13.8. The molecule has 1 amide bonds. The first-order chi connectivity index (χ1) is 15.5. The minimum Gasteiger partial charge on any atom is -0.356 e. The van der Waals surface area contributed by atoms with Gasteiger partial charge in [0.2, 0.25) is 5.91 Å². The van der Waals surface area contributed by atoms with Gasteiger partial charge in [0.05, 0.1) is 0 Å². The van der Waals surface area contributed by atoms with E-state index in [4.69, 9.17) is 0 Å². The van der Waals surface area contributed by atoms with E-state index in [1.165, 1.54) is 23.6 Å². The van der Waals surface area contributed by atoms with Crippen LogP contribution in [0, 0.1) is 5.82 Å². The van der Waals surface area contributed by atoms with Crippen LogP contribution in [0.2, 0.25) is 0 Å². The highest BCUT2D eigenvalue weighted by atomic mass is 19.1. The molecule has 1 aliphatic heterocycles. The lowest BCUT2D eigenvalue weighted by molar-refractivity contribution is -0.116. The number of aryl methyl sites for hydroxylation is 1. The van der Waals surface area contributed by atoms with Gasteiger partial charge >= 0.3 is 0 Å². The molecular weight excluding hydrogens is 401 g/mol. The van der Waals surface area contributed by atoms with Crippen molar-refractivity contribution in [2.24, 2.45) is 0 Å². The van der Waals surface area contributed by atoms with Gasteiger partial charge in [-0.15, -0.1) is 0 Å². The number of fused-ring (bicyclic) bond motifs is 2. The summed E-state index contributed by atoms with van der Waals surface area (Å²) in [4.78, 5) is 11.8. The van der Waals surface area contributed by atoms with Crippen LogP contribution in [0.4, 0.5) is 15.8 Å². The number of hydrogen-bond donors (Lipinski definition) is 2. The van der Waals surface area contributed by atoms with E-state index in [2.05, 4.69) is 53.3 Å². The average molecular weight is 430 g/mol. The minimum atomic E-state index is -0.215. The Kier molecular flexibility index (Phi) is 5.33. The number of nitrogens with one attached hydrogen (secondary N) is 2. The smallest absolute Gasteiger partial charge is 0.224 e. The van der Waals surface area contributed by atoms with E-state index < -0.39 is 0 Å². The highest BCUT2D eigenvalue weighted by Gasteiger charge is 2.17. The number of amides is 1. The van der Waals surface area contributed by atoms with Crippen LogP contribution in [0.15, 0.2) is 59.8 Å². The summed E-state index contributed by atoms with van der Waals surface area (Å²) in [6.07, 6.45) is 8.97. The molecule has 1 fully saturated rings. The molecule has 0 bridgehead atoms. The number of aromatic nitrogens is 1. The van der Waals surface area contributed by atoms with Crippen molar-refractivity contribution >= 4 is 34.3 Å². The Morgan fingerprint density at radius 1 is 1.09 bits per heavy atom. The molecule has 5 rings (SSSR count). The predicted molar refractivity (Wildman–Crippen MR) is 129 cm³/mol. The van der Waals surface area contributed by atoms with Gasteiger partial charge in [-0.05, 0) is 99.2 Å². The van der Waals surface area contributed by atoms with Crippen LogP contribution in [0.5, 0.6) is 0 Å². The number of anilines is 2. The van der Waals surface area contributed by atoms with Crippen LogP contribution in [0.25, 0.3) is 17.0 Å². The molecule has 5 heteroatoms. The van der Waals surface area contributed by atoms with Crippen molar-refractivity contribution in [1.82, 2.24) is 4.57 Å². The fourth-order valence-corrected chi connectivity index (χ4v) is 4.58. The number of rotatable bonds is 5. The Labute approximate surface area is 187 Å². The van der Waals surface area contributed by atoms with E-state index in [9.17, 15) is 9.18 Å². The number of allylic oxidation sites excluding steroid dienone is 2. The summed E-state index contributed by atoms with van der Waals surface area (Å²) < 4.78 is 16.0. The van der Waals surface area contributed by atoms with E-state index in [-0.39, 0.29) is 17.8 Å². The fourth-order valence-electron chi connectivity index (χ4n) is 4.58. The molecule has 164 valence electrons. The van der Waals surface area contributed by atoms with Crippen LogP contribution in [0.1, 0.15) is 56.8 Å². The highest BCUT2D eigenvalue weighted by Crippen LogP contribution is 2.33. The molecule has 1 saturated carbocycles. The van der Waals surface area contributed by atoms with Gasteiger partial charge in [-0.25, -0.2) is 4.39 Å². The number of nitrogens with zero attached hydrogens (tertiary/aromatic N) is 1. The standard InChI is InChI=1S/C27H28FN3O/c1-17(2)31-23(15-20-14-21(28)8-12-26(20)31)10-11-24(18-4-3-5-18)29-22-9-6-19-7-13-27(32)30-25(19)16-22/h6,8-12,14-17,29H,3-5,7,13H2,1-2H3,(H,30,32)/b11-10+. The van der Waals surface area contributed by atoms with Crippen LogP contribution in [0.3, 0.4) is 0 Å². The zero-order valence-corrected chi connectivity index (χ0v) is 18.5. The second-order valence-electron chi connectivity index (χ2n) is 8.99. The third-order valence-electron chi connectivity index (χ3n) is 6.39. The summed E-state index contributed by atoms with van der Waals surface area (Å²) in [5, 5.41) is 7.47. The monoisotopic (exact) mass is 429 g/mol. The summed E-state index contributed by atoms with van der Waals surface area (Å²) in [6.45, 7) is 4.29. The molecule has 0 saturated heterocycles. The lowest BCUT2D eigenvalue weighted by atomic mass is 9.90. The van der Waals surface area contributed by atoms with Crippen molar-refractivity contribution in [1.29, 1.82) is 0 Å². The first-order valence-electron chi connectivity index (χ1n) is 11.4. The molecule has 2 N–H and O–H groups in total. The van der Waals surface area contributed by atoms with Crippen molar-refractivity contribution in [3.05, 3.63) is 76.9 Å². The third-order valence-corrected chi connectivity index (χ3v) is 6.39. The zero-order valence-electron chi connectivity index (χ0n) is 18.5. The molecule has 2 aliphatic rings. The quantitative estimate of drug-likeness (QED) is 0.468. The Morgan fingerprint density at radius 3 is 2.69 bits per heavy atom. The Bertz CT molecular complexity index is 1260. The molecule has 0 spiro atoms. The first-order valence-corrected chi connectivity index (χ1v) is 11.4. The third kappa shape index (κ3) is 3.95. The molecule has 2 heterocycles. The Hall–Kier alpha value is -3.34. The Balaban J connectivity index is 1.47. The first kappa shape index (κ1) is 20.6. The molecule has 4 nitrogen and oxygen atoms in total. The largest absolute Gasteiger partial charge is 0.356 e. The number of benzene rings is 2. The number of hydrogen-bond acceptors (Lipinski definition) is 2. The van der Waals surface area contributed by atoms with Crippen LogP contribution in [-0.4, -0.2) is 10.5 Å². The van der Waals surface area contributed by atoms with E-state index in [1.807, 2.05) is 18.2 Å². The van der Waals surface area contributed by atoms with Crippen molar-refractivity contribution in [3.8, 4) is 0 Å². The van der Waals surface area contributed by atoms with Crippen molar-refractivity contribution in [2.75, 3.05) is 10.6 Å². The summed E-state index contributed by atoms with van der Waals surface area (Å²) in [7, 11) is 0. The van der Waals surface area contributed by atoms with Crippen LogP contribution < -0.4 is 10.6 Å². The van der Waals surface area contributed by atoms with Crippen molar-refractivity contribution < 1.29 is 9.18 Å². The van der Waals surface area contributed by atoms with Crippen LogP contribution in [-0.2, 0) is 11.2 Å². The topological polar surface area (TPSA) is 46.1 Å². The molecule has 0 radical (unpaired) electrons. The second-order valence-corrected chi connectivity index (χ2v) is 8.99. The van der Waals surface area contributed by atoms with Crippen molar-refractivity contribution in [2.45, 2.75) is 52.0 Å². The molecular formula is C27H28FN3O. The van der Waals surface area contributed by atoms with Crippen molar-refractivity contribution in [3.63, 3.8) is 0 Å². The summed E-state index contributed by atoms with van der Waals surface area (Å²) >= 11 is 0. The van der Waals surface area contributed by atoms with E-state index in [1.54, 1.807) is 6.07 Å². The molecule has 3 aromatic rings. The van der Waals surface area contributed by atoms with Gasteiger partial charge in [-0.2, -0.15) is 0 Å².